The van der Waals surface area contributed by atoms with Gasteiger partial charge in [-0.1, -0.05) is 24.3 Å². The minimum atomic E-state index is -0.641. The maximum Gasteiger partial charge on any atom is 0.307 e. The van der Waals surface area contributed by atoms with Crippen molar-refractivity contribution in [3.63, 3.8) is 0 Å². The third-order valence-electron chi connectivity index (χ3n) is 3.97. The van der Waals surface area contributed by atoms with Crippen molar-refractivity contribution in [2.24, 2.45) is 0 Å². The lowest BCUT2D eigenvalue weighted by Gasteiger charge is -2.18. The van der Waals surface area contributed by atoms with Crippen molar-refractivity contribution in [3.8, 4) is 0 Å². The summed E-state index contributed by atoms with van der Waals surface area (Å²) in [6, 6.07) is 12.3. The van der Waals surface area contributed by atoms with E-state index < -0.39 is 17.8 Å². The first-order valence-corrected chi connectivity index (χ1v) is 10.1. The second-order valence-corrected chi connectivity index (χ2v) is 7.35. The number of hydrogen-bond acceptors (Lipinski definition) is 5. The molecule has 0 radical (unpaired) electrons. The van der Waals surface area contributed by atoms with Gasteiger partial charge in [-0.2, -0.15) is 0 Å². The highest BCUT2D eigenvalue weighted by molar-refractivity contribution is 8.00. The number of carbonyl (C=O) groups excluding carboxylic acids is 3. The highest BCUT2D eigenvalue weighted by Gasteiger charge is 2.19. The number of benzene rings is 2. The molecule has 0 fully saturated rings. The first kappa shape index (κ1) is 22.4. The average Bonchev–Trinajstić information content (AvgIpc) is 2.68. The molecule has 29 heavy (non-hydrogen) atoms. The third kappa shape index (κ3) is 7.95. The summed E-state index contributed by atoms with van der Waals surface area (Å²) >= 11 is 1.16. The van der Waals surface area contributed by atoms with Crippen LogP contribution in [-0.4, -0.2) is 36.4 Å². The topological polar surface area (TPSA) is 84.5 Å². The Morgan fingerprint density at radius 3 is 2.41 bits per heavy atom. The molecule has 0 heterocycles. The van der Waals surface area contributed by atoms with Gasteiger partial charge in [-0.15, -0.1) is 11.8 Å². The summed E-state index contributed by atoms with van der Waals surface area (Å²) in [5, 5.41) is 5.51. The molecule has 0 bridgehead atoms. The van der Waals surface area contributed by atoms with Gasteiger partial charge in [0.2, 0.25) is 11.8 Å². The van der Waals surface area contributed by atoms with E-state index in [1.165, 1.54) is 31.4 Å². The molecule has 0 spiro atoms. The van der Waals surface area contributed by atoms with Crippen molar-refractivity contribution in [1.82, 2.24) is 5.32 Å². The van der Waals surface area contributed by atoms with Crippen LogP contribution in [0.25, 0.3) is 0 Å². The predicted molar refractivity (Wildman–Crippen MR) is 111 cm³/mol. The fourth-order valence-electron chi connectivity index (χ4n) is 2.59. The van der Waals surface area contributed by atoms with Gasteiger partial charge in [0.15, 0.2) is 0 Å². The standard InChI is InChI=1S/C21H23FN2O4S/c1-14-4-3-5-17(10-14)23-19(25)12-29-13-20(26)24-18(11-21(27)28-2)15-6-8-16(22)9-7-15/h3-10,18H,11-13H2,1-2H3,(H,23,25)(H,24,26). The van der Waals surface area contributed by atoms with E-state index in [4.69, 9.17) is 0 Å². The Balaban J connectivity index is 1.84. The summed E-state index contributed by atoms with van der Waals surface area (Å²) in [7, 11) is 1.26. The van der Waals surface area contributed by atoms with Crippen LogP contribution in [-0.2, 0) is 19.1 Å². The zero-order valence-corrected chi connectivity index (χ0v) is 17.1. The normalized spacial score (nSPS) is 11.4. The number of hydrogen-bond donors (Lipinski definition) is 2. The maximum absolute atomic E-state index is 13.1. The Kier molecular flexibility index (Phi) is 8.67. The lowest BCUT2D eigenvalue weighted by molar-refractivity contribution is -0.141. The molecular formula is C21H23FN2O4S. The molecular weight excluding hydrogens is 395 g/mol. The van der Waals surface area contributed by atoms with Gasteiger partial charge in [0.25, 0.3) is 0 Å². The highest BCUT2D eigenvalue weighted by Crippen LogP contribution is 2.18. The summed E-state index contributed by atoms with van der Waals surface area (Å²) in [4.78, 5) is 35.9. The van der Waals surface area contributed by atoms with Crippen molar-refractivity contribution in [2.75, 3.05) is 23.9 Å². The number of carbonyl (C=O) groups is 3. The largest absolute Gasteiger partial charge is 0.469 e. The van der Waals surface area contributed by atoms with E-state index >= 15 is 0 Å². The van der Waals surface area contributed by atoms with Crippen molar-refractivity contribution >= 4 is 35.2 Å². The van der Waals surface area contributed by atoms with Gasteiger partial charge in [-0.25, -0.2) is 4.39 Å². The average molecular weight is 418 g/mol. The summed E-state index contributed by atoms with van der Waals surface area (Å²) in [5.74, 6) is -1.30. The number of nitrogens with one attached hydrogen (secondary N) is 2. The zero-order chi connectivity index (χ0) is 21.2. The van der Waals surface area contributed by atoms with E-state index in [1.54, 1.807) is 6.07 Å². The molecule has 8 heteroatoms. The molecule has 0 aliphatic heterocycles. The summed E-state index contributed by atoms with van der Waals surface area (Å²) in [6.45, 7) is 1.93. The number of thioether (sulfide) groups is 1. The third-order valence-corrected chi connectivity index (χ3v) is 4.91. The van der Waals surface area contributed by atoms with Crippen LogP contribution in [0.3, 0.4) is 0 Å². The molecule has 1 unspecified atom stereocenters. The summed E-state index contributed by atoms with van der Waals surface area (Å²) < 4.78 is 17.8. The van der Waals surface area contributed by atoms with Crippen LogP contribution in [0.15, 0.2) is 48.5 Å². The maximum atomic E-state index is 13.1. The van der Waals surface area contributed by atoms with Crippen molar-refractivity contribution in [2.45, 2.75) is 19.4 Å². The number of aryl methyl sites for hydroxylation is 1. The molecule has 0 saturated heterocycles. The summed E-state index contributed by atoms with van der Waals surface area (Å²) in [6.07, 6.45) is -0.0770. The molecule has 2 aromatic rings. The minimum Gasteiger partial charge on any atom is -0.469 e. The van der Waals surface area contributed by atoms with Gasteiger partial charge in [0, 0.05) is 5.69 Å². The number of esters is 1. The smallest absolute Gasteiger partial charge is 0.307 e. The fraction of sp³-hybridized carbons (Fsp3) is 0.286. The molecule has 2 rings (SSSR count). The molecule has 1 atom stereocenters. The van der Waals surface area contributed by atoms with Gasteiger partial charge in [-0.05, 0) is 42.3 Å². The monoisotopic (exact) mass is 418 g/mol. The lowest BCUT2D eigenvalue weighted by atomic mass is 10.0. The van der Waals surface area contributed by atoms with E-state index in [0.717, 1.165) is 17.3 Å². The number of amides is 2. The highest BCUT2D eigenvalue weighted by atomic mass is 32.2. The van der Waals surface area contributed by atoms with Gasteiger partial charge < -0.3 is 15.4 Å². The number of methoxy groups -OCH3 is 1. The van der Waals surface area contributed by atoms with E-state index in [2.05, 4.69) is 15.4 Å². The Labute approximate surface area is 173 Å². The molecule has 2 N–H and O–H groups in total. The lowest BCUT2D eigenvalue weighted by Crippen LogP contribution is -2.32. The minimum absolute atomic E-state index is 0.0418. The van der Waals surface area contributed by atoms with Crippen LogP contribution in [0.4, 0.5) is 10.1 Å². The molecule has 2 aromatic carbocycles. The zero-order valence-electron chi connectivity index (χ0n) is 16.2. The van der Waals surface area contributed by atoms with Crippen LogP contribution in [0.2, 0.25) is 0 Å². The van der Waals surface area contributed by atoms with Crippen molar-refractivity contribution in [1.29, 1.82) is 0 Å². The van der Waals surface area contributed by atoms with Crippen LogP contribution in [0, 0.1) is 12.7 Å². The van der Waals surface area contributed by atoms with Gasteiger partial charge in [0.1, 0.15) is 5.82 Å². The number of anilines is 1. The SMILES string of the molecule is COC(=O)CC(NC(=O)CSCC(=O)Nc1cccc(C)c1)c1ccc(F)cc1. The molecule has 0 aliphatic carbocycles. The van der Waals surface area contributed by atoms with Gasteiger partial charge in [-0.3, -0.25) is 14.4 Å². The second kappa shape index (κ2) is 11.2. The number of ether oxygens (including phenoxy) is 1. The summed E-state index contributed by atoms with van der Waals surface area (Å²) in [5.41, 5.74) is 2.33. The first-order valence-electron chi connectivity index (χ1n) is 8.93. The van der Waals surface area contributed by atoms with Gasteiger partial charge >= 0.3 is 5.97 Å². The van der Waals surface area contributed by atoms with Crippen LogP contribution in [0.1, 0.15) is 23.6 Å². The molecule has 0 aliphatic rings. The van der Waals surface area contributed by atoms with Crippen LogP contribution < -0.4 is 10.6 Å². The first-order chi connectivity index (χ1) is 13.9. The van der Waals surface area contributed by atoms with Crippen LogP contribution >= 0.6 is 11.8 Å². The Bertz CT molecular complexity index is 858. The van der Waals surface area contributed by atoms with Crippen LogP contribution in [0.5, 0.6) is 0 Å². The molecule has 6 nitrogen and oxygen atoms in total. The van der Waals surface area contributed by atoms with Gasteiger partial charge in [0.05, 0.1) is 31.1 Å². The van der Waals surface area contributed by atoms with Crippen molar-refractivity contribution in [3.05, 3.63) is 65.5 Å². The molecule has 0 saturated carbocycles. The van der Waals surface area contributed by atoms with E-state index in [-0.39, 0.29) is 29.7 Å². The fourth-order valence-corrected chi connectivity index (χ4v) is 3.22. The second-order valence-electron chi connectivity index (χ2n) is 6.36. The Hall–Kier alpha value is -2.87. The molecule has 2 amide bonds. The van der Waals surface area contributed by atoms with E-state index in [9.17, 15) is 18.8 Å². The molecule has 154 valence electrons. The molecule has 0 aromatic heterocycles. The predicted octanol–water partition coefficient (Wildman–Crippen LogP) is 3.23. The van der Waals surface area contributed by atoms with E-state index in [0.29, 0.717) is 11.3 Å². The van der Waals surface area contributed by atoms with Crippen molar-refractivity contribution < 1.29 is 23.5 Å². The number of rotatable bonds is 9. The Morgan fingerprint density at radius 2 is 1.76 bits per heavy atom. The number of halogens is 1. The quantitative estimate of drug-likeness (QED) is 0.611. The Morgan fingerprint density at radius 1 is 1.07 bits per heavy atom. The van der Waals surface area contributed by atoms with E-state index in [1.807, 2.05) is 25.1 Å².